The van der Waals surface area contributed by atoms with Crippen molar-refractivity contribution in [3.63, 3.8) is 0 Å². The van der Waals surface area contributed by atoms with Gasteiger partial charge in [-0.25, -0.2) is 9.18 Å². The first kappa shape index (κ1) is 14.2. The van der Waals surface area contributed by atoms with Crippen molar-refractivity contribution in [2.75, 3.05) is 20.3 Å². The van der Waals surface area contributed by atoms with E-state index in [1.54, 1.807) is 6.07 Å². The highest BCUT2D eigenvalue weighted by atomic mass is 19.1. The minimum Gasteiger partial charge on any atom is -0.494 e. The van der Waals surface area contributed by atoms with Gasteiger partial charge in [0.2, 0.25) is 0 Å². The molecular weight excluding hydrogens is 239 g/mol. The molecule has 5 nitrogen and oxygen atoms in total. The number of urea groups is 1. The first-order valence-corrected chi connectivity index (χ1v) is 5.62. The Morgan fingerprint density at radius 1 is 1.44 bits per heavy atom. The van der Waals surface area contributed by atoms with E-state index < -0.39 is 5.82 Å². The number of amides is 2. The van der Waals surface area contributed by atoms with Crippen molar-refractivity contribution in [1.29, 1.82) is 0 Å². The normalized spacial score (nSPS) is 9.94. The molecule has 0 radical (unpaired) electrons. The van der Waals surface area contributed by atoms with Gasteiger partial charge in [-0.1, -0.05) is 6.07 Å². The van der Waals surface area contributed by atoms with E-state index in [1.807, 2.05) is 0 Å². The van der Waals surface area contributed by atoms with Gasteiger partial charge >= 0.3 is 6.03 Å². The Morgan fingerprint density at radius 2 is 2.22 bits per heavy atom. The Bertz CT molecular complexity index is 399. The fraction of sp³-hybridized carbons (Fsp3) is 0.417. The summed E-state index contributed by atoms with van der Waals surface area (Å²) in [4.78, 5) is 11.3. The van der Waals surface area contributed by atoms with Crippen LogP contribution < -0.4 is 15.4 Å². The van der Waals surface area contributed by atoms with Crippen LogP contribution in [-0.4, -0.2) is 31.4 Å². The van der Waals surface area contributed by atoms with Gasteiger partial charge < -0.3 is 20.5 Å². The van der Waals surface area contributed by atoms with Crippen LogP contribution in [0.2, 0.25) is 0 Å². The lowest BCUT2D eigenvalue weighted by molar-refractivity contribution is 0.237. The number of hydrogen-bond donors (Lipinski definition) is 3. The van der Waals surface area contributed by atoms with Crippen molar-refractivity contribution in [2.45, 2.75) is 13.0 Å². The number of hydrogen-bond acceptors (Lipinski definition) is 3. The summed E-state index contributed by atoms with van der Waals surface area (Å²) < 4.78 is 18.1. The van der Waals surface area contributed by atoms with Gasteiger partial charge in [-0.2, -0.15) is 0 Å². The number of halogens is 1. The zero-order valence-electron chi connectivity index (χ0n) is 10.2. The molecule has 100 valence electrons. The van der Waals surface area contributed by atoms with Crippen molar-refractivity contribution < 1.29 is 19.0 Å². The summed E-state index contributed by atoms with van der Waals surface area (Å²) in [7, 11) is 1.39. The molecule has 0 saturated heterocycles. The van der Waals surface area contributed by atoms with Crippen LogP contribution >= 0.6 is 0 Å². The number of aliphatic hydroxyl groups excluding tert-OH is 1. The van der Waals surface area contributed by atoms with Crippen LogP contribution in [0.15, 0.2) is 18.2 Å². The zero-order chi connectivity index (χ0) is 13.4. The standard InChI is InChI=1S/C12H17FN2O3/c1-18-11-4-3-9(7-10(11)13)8-15-12(17)14-5-2-6-16/h3-4,7,16H,2,5-6,8H2,1H3,(H2,14,15,17). The molecule has 0 aromatic heterocycles. The molecule has 0 unspecified atom stereocenters. The van der Waals surface area contributed by atoms with Crippen LogP contribution in [-0.2, 0) is 6.54 Å². The average Bonchev–Trinajstić information content (AvgIpc) is 2.37. The van der Waals surface area contributed by atoms with E-state index in [1.165, 1.54) is 19.2 Å². The number of ether oxygens (including phenoxy) is 1. The molecule has 0 bridgehead atoms. The summed E-state index contributed by atoms with van der Waals surface area (Å²) in [6.07, 6.45) is 0.505. The molecule has 6 heteroatoms. The van der Waals surface area contributed by atoms with E-state index in [9.17, 15) is 9.18 Å². The Kier molecular flexibility index (Phi) is 5.93. The molecule has 0 atom stereocenters. The maximum absolute atomic E-state index is 13.3. The molecule has 18 heavy (non-hydrogen) atoms. The number of nitrogens with one attached hydrogen (secondary N) is 2. The second-order valence-corrected chi connectivity index (χ2v) is 3.66. The number of carbonyl (C=O) groups excluding carboxylic acids is 1. The summed E-state index contributed by atoms with van der Waals surface area (Å²) in [5.41, 5.74) is 0.644. The SMILES string of the molecule is COc1ccc(CNC(=O)NCCCO)cc1F. The molecule has 1 rings (SSSR count). The van der Waals surface area contributed by atoms with Gasteiger partial charge in [0.15, 0.2) is 11.6 Å². The first-order chi connectivity index (χ1) is 8.67. The Balaban J connectivity index is 2.39. The lowest BCUT2D eigenvalue weighted by Crippen LogP contribution is -2.35. The number of methoxy groups -OCH3 is 1. The van der Waals surface area contributed by atoms with Crippen molar-refractivity contribution in [2.24, 2.45) is 0 Å². The molecule has 0 aliphatic rings. The van der Waals surface area contributed by atoms with Crippen molar-refractivity contribution >= 4 is 6.03 Å². The fourth-order valence-electron chi connectivity index (χ4n) is 1.35. The molecule has 0 aliphatic carbocycles. The van der Waals surface area contributed by atoms with Gasteiger partial charge in [-0.15, -0.1) is 0 Å². The van der Waals surface area contributed by atoms with Crippen LogP contribution in [0.25, 0.3) is 0 Å². The van der Waals surface area contributed by atoms with E-state index in [2.05, 4.69) is 10.6 Å². The highest BCUT2D eigenvalue weighted by Crippen LogP contribution is 2.17. The molecular formula is C12H17FN2O3. The number of carbonyl (C=O) groups is 1. The Morgan fingerprint density at radius 3 is 2.83 bits per heavy atom. The Labute approximate surface area is 105 Å². The molecule has 1 aromatic carbocycles. The van der Waals surface area contributed by atoms with Crippen molar-refractivity contribution in [3.8, 4) is 5.75 Å². The maximum atomic E-state index is 13.3. The third kappa shape index (κ3) is 4.58. The van der Waals surface area contributed by atoms with Gasteiger partial charge in [0.25, 0.3) is 0 Å². The molecule has 0 aliphatic heterocycles. The summed E-state index contributed by atoms with van der Waals surface area (Å²) >= 11 is 0. The minimum atomic E-state index is -0.461. The summed E-state index contributed by atoms with van der Waals surface area (Å²) in [5, 5.41) is 13.7. The van der Waals surface area contributed by atoms with Crippen LogP contribution in [0.4, 0.5) is 9.18 Å². The molecule has 0 fully saturated rings. The molecule has 2 amide bonds. The van der Waals surface area contributed by atoms with E-state index in [0.717, 1.165) is 0 Å². The minimum absolute atomic E-state index is 0.0317. The Hall–Kier alpha value is -1.82. The lowest BCUT2D eigenvalue weighted by atomic mass is 10.2. The molecule has 0 spiro atoms. The maximum Gasteiger partial charge on any atom is 0.315 e. The van der Waals surface area contributed by atoms with Crippen LogP contribution in [0.1, 0.15) is 12.0 Å². The molecule has 3 N–H and O–H groups in total. The van der Waals surface area contributed by atoms with Crippen LogP contribution in [0, 0.1) is 5.82 Å². The third-order valence-corrected chi connectivity index (χ3v) is 2.29. The van der Waals surface area contributed by atoms with Crippen molar-refractivity contribution in [1.82, 2.24) is 10.6 Å². The number of rotatable bonds is 6. The van der Waals surface area contributed by atoms with E-state index >= 15 is 0 Å². The van der Waals surface area contributed by atoms with E-state index in [0.29, 0.717) is 18.5 Å². The summed E-state index contributed by atoms with van der Waals surface area (Å²) in [6, 6.07) is 4.15. The van der Waals surface area contributed by atoms with E-state index in [4.69, 9.17) is 9.84 Å². The topological polar surface area (TPSA) is 70.6 Å². The van der Waals surface area contributed by atoms with Gasteiger partial charge in [-0.05, 0) is 24.1 Å². The predicted octanol–water partition coefficient (Wildman–Crippen LogP) is 1.02. The summed E-state index contributed by atoms with van der Waals surface area (Å²) in [5.74, 6) is -0.288. The smallest absolute Gasteiger partial charge is 0.315 e. The van der Waals surface area contributed by atoms with Gasteiger partial charge in [-0.3, -0.25) is 0 Å². The predicted molar refractivity (Wildman–Crippen MR) is 64.9 cm³/mol. The second kappa shape index (κ2) is 7.50. The molecule has 0 saturated carbocycles. The monoisotopic (exact) mass is 256 g/mol. The third-order valence-electron chi connectivity index (χ3n) is 2.29. The quantitative estimate of drug-likeness (QED) is 0.665. The van der Waals surface area contributed by atoms with Crippen molar-refractivity contribution in [3.05, 3.63) is 29.6 Å². The highest BCUT2D eigenvalue weighted by Gasteiger charge is 2.04. The molecule has 0 heterocycles. The van der Waals surface area contributed by atoms with Gasteiger partial charge in [0, 0.05) is 19.7 Å². The lowest BCUT2D eigenvalue weighted by Gasteiger charge is -2.08. The van der Waals surface area contributed by atoms with Crippen LogP contribution in [0.5, 0.6) is 5.75 Å². The number of benzene rings is 1. The number of aliphatic hydroxyl groups is 1. The average molecular weight is 256 g/mol. The molecule has 1 aromatic rings. The first-order valence-electron chi connectivity index (χ1n) is 5.62. The van der Waals surface area contributed by atoms with Crippen LogP contribution in [0.3, 0.4) is 0 Å². The second-order valence-electron chi connectivity index (χ2n) is 3.66. The van der Waals surface area contributed by atoms with Gasteiger partial charge in [0.05, 0.1) is 7.11 Å². The van der Waals surface area contributed by atoms with Gasteiger partial charge in [0.1, 0.15) is 0 Å². The largest absolute Gasteiger partial charge is 0.494 e. The highest BCUT2D eigenvalue weighted by molar-refractivity contribution is 5.73. The summed E-state index contributed by atoms with van der Waals surface area (Å²) in [6.45, 7) is 0.662. The zero-order valence-corrected chi connectivity index (χ0v) is 10.2. The van der Waals surface area contributed by atoms with E-state index in [-0.39, 0.29) is 24.9 Å². The fourth-order valence-corrected chi connectivity index (χ4v) is 1.35.